The third kappa shape index (κ3) is 2.69. The number of nitrogens with zero attached hydrogens (tertiary/aromatic N) is 1. The van der Waals surface area contributed by atoms with E-state index in [2.05, 4.69) is 16.9 Å². The summed E-state index contributed by atoms with van der Waals surface area (Å²) in [6.07, 6.45) is 0.705. The van der Waals surface area contributed by atoms with E-state index >= 15 is 0 Å². The van der Waals surface area contributed by atoms with Crippen LogP contribution in [0, 0.1) is 0 Å². The van der Waals surface area contributed by atoms with E-state index in [0.717, 1.165) is 6.08 Å². The van der Waals surface area contributed by atoms with Crippen LogP contribution in [0.15, 0.2) is 17.1 Å². The third-order valence-electron chi connectivity index (χ3n) is 2.57. The first-order chi connectivity index (χ1) is 8.00. The number of carbonyl (C=O) groups excluding carboxylic acids is 1. The van der Waals surface area contributed by atoms with Crippen molar-refractivity contribution in [1.29, 1.82) is 0 Å². The van der Waals surface area contributed by atoms with Crippen LogP contribution in [-0.2, 0) is 24.2 Å². The molecule has 0 aromatic carbocycles. The number of rotatable bonds is 3. The summed E-state index contributed by atoms with van der Waals surface area (Å²) in [5, 5.41) is 2.48. The van der Waals surface area contributed by atoms with Gasteiger partial charge in [0.25, 0.3) is 5.92 Å². The van der Waals surface area contributed by atoms with Gasteiger partial charge in [0.2, 0.25) is 11.8 Å². The van der Waals surface area contributed by atoms with Crippen molar-refractivity contribution in [3.05, 3.63) is 30.0 Å². The van der Waals surface area contributed by atoms with E-state index in [9.17, 15) is 13.6 Å². The van der Waals surface area contributed by atoms with Gasteiger partial charge in [-0.15, -0.1) is 0 Å². The number of hydrogen-bond donors (Lipinski definition) is 1. The molecule has 6 heteroatoms. The number of aromatic nitrogens is 1. The van der Waals surface area contributed by atoms with Crippen LogP contribution < -0.4 is 5.32 Å². The maximum atomic E-state index is 13.1. The van der Waals surface area contributed by atoms with Crippen molar-refractivity contribution in [1.82, 2.24) is 10.3 Å². The Morgan fingerprint density at radius 2 is 2.41 bits per heavy atom. The predicted molar refractivity (Wildman–Crippen MR) is 55.5 cm³/mol. The zero-order valence-electron chi connectivity index (χ0n) is 9.13. The summed E-state index contributed by atoms with van der Waals surface area (Å²) >= 11 is 0. The monoisotopic (exact) mass is 242 g/mol. The van der Waals surface area contributed by atoms with Crippen LogP contribution in [0.4, 0.5) is 8.78 Å². The van der Waals surface area contributed by atoms with Gasteiger partial charge < -0.3 is 9.73 Å². The van der Waals surface area contributed by atoms with Crippen molar-refractivity contribution >= 4 is 5.91 Å². The molecule has 0 radical (unpaired) electrons. The summed E-state index contributed by atoms with van der Waals surface area (Å²) in [7, 11) is 0. The van der Waals surface area contributed by atoms with Crippen molar-refractivity contribution in [2.45, 2.75) is 31.7 Å². The summed E-state index contributed by atoms with van der Waals surface area (Å²) in [5.74, 6) is -2.31. The molecule has 0 unspecified atom stereocenters. The zero-order valence-corrected chi connectivity index (χ0v) is 9.13. The van der Waals surface area contributed by atoms with E-state index in [1.165, 1.54) is 0 Å². The highest BCUT2D eigenvalue weighted by Crippen LogP contribution is 2.32. The highest BCUT2D eigenvalue weighted by atomic mass is 19.3. The standard InChI is InChI=1S/C11H12F2N2O2/c1-2-9(16)14-6-10-15-7-5-11(12,13)4-3-8(7)17-10/h2H,1,3-6H2,(H,14,16). The van der Waals surface area contributed by atoms with E-state index in [0.29, 0.717) is 11.5 Å². The molecule has 1 heterocycles. The summed E-state index contributed by atoms with van der Waals surface area (Å²) in [6.45, 7) is 3.38. The minimum absolute atomic E-state index is 0.0867. The van der Waals surface area contributed by atoms with Crippen LogP contribution in [0.2, 0.25) is 0 Å². The van der Waals surface area contributed by atoms with Gasteiger partial charge in [-0.25, -0.2) is 13.8 Å². The lowest BCUT2D eigenvalue weighted by atomic mass is 9.98. The highest BCUT2D eigenvalue weighted by molar-refractivity contribution is 5.86. The third-order valence-corrected chi connectivity index (χ3v) is 2.57. The number of fused-ring (bicyclic) bond motifs is 1. The highest BCUT2D eigenvalue weighted by Gasteiger charge is 2.37. The predicted octanol–water partition coefficient (Wildman–Crippen LogP) is 1.60. The molecule has 17 heavy (non-hydrogen) atoms. The Labute approximate surface area is 96.7 Å². The number of aryl methyl sites for hydroxylation is 1. The summed E-state index contributed by atoms with van der Waals surface area (Å²) in [6, 6.07) is 0. The number of nitrogens with one attached hydrogen (secondary N) is 1. The molecule has 1 aromatic rings. The molecule has 92 valence electrons. The van der Waals surface area contributed by atoms with Crippen molar-refractivity contribution in [3.8, 4) is 0 Å². The zero-order chi connectivity index (χ0) is 12.5. The second-order valence-corrected chi connectivity index (χ2v) is 3.93. The van der Waals surface area contributed by atoms with Gasteiger partial charge in [-0.1, -0.05) is 6.58 Å². The second-order valence-electron chi connectivity index (χ2n) is 3.93. The van der Waals surface area contributed by atoms with E-state index in [-0.39, 0.29) is 37.6 Å². The Balaban J connectivity index is 2.05. The van der Waals surface area contributed by atoms with Gasteiger partial charge in [0.15, 0.2) is 0 Å². The first-order valence-corrected chi connectivity index (χ1v) is 5.26. The molecule has 1 N–H and O–H groups in total. The lowest BCUT2D eigenvalue weighted by molar-refractivity contribution is -0.116. The van der Waals surface area contributed by atoms with Crippen molar-refractivity contribution in [2.75, 3.05) is 0 Å². The molecule has 4 nitrogen and oxygen atoms in total. The number of amides is 1. The van der Waals surface area contributed by atoms with E-state index in [1.807, 2.05) is 0 Å². The molecule has 0 bridgehead atoms. The molecule has 0 aliphatic heterocycles. The van der Waals surface area contributed by atoms with Crippen molar-refractivity contribution in [3.63, 3.8) is 0 Å². The Bertz CT molecular complexity index is 454. The first-order valence-electron chi connectivity index (χ1n) is 5.26. The summed E-state index contributed by atoms with van der Waals surface area (Å²) < 4.78 is 31.5. The van der Waals surface area contributed by atoms with Gasteiger partial charge in [0.1, 0.15) is 5.76 Å². The molecule has 1 aliphatic carbocycles. The van der Waals surface area contributed by atoms with E-state index in [1.54, 1.807) is 0 Å². The first kappa shape index (κ1) is 11.8. The lowest BCUT2D eigenvalue weighted by Crippen LogP contribution is -2.25. The molecule has 1 amide bonds. The molecule has 1 aromatic heterocycles. The molecule has 0 saturated heterocycles. The smallest absolute Gasteiger partial charge is 0.254 e. The van der Waals surface area contributed by atoms with Gasteiger partial charge in [0, 0.05) is 12.8 Å². The van der Waals surface area contributed by atoms with Crippen LogP contribution in [0.3, 0.4) is 0 Å². The number of hydrogen-bond acceptors (Lipinski definition) is 3. The molecule has 0 atom stereocenters. The minimum Gasteiger partial charge on any atom is -0.443 e. The number of alkyl halides is 2. The lowest BCUT2D eigenvalue weighted by Gasteiger charge is -2.18. The van der Waals surface area contributed by atoms with Crippen molar-refractivity contribution in [2.24, 2.45) is 0 Å². The maximum absolute atomic E-state index is 13.1. The van der Waals surface area contributed by atoms with Crippen LogP contribution >= 0.6 is 0 Å². The van der Waals surface area contributed by atoms with Gasteiger partial charge in [-0.3, -0.25) is 4.79 Å². The molecule has 0 fully saturated rings. The van der Waals surface area contributed by atoms with Crippen molar-refractivity contribution < 1.29 is 18.0 Å². The molecule has 2 rings (SSSR count). The van der Waals surface area contributed by atoms with Gasteiger partial charge in [-0.2, -0.15) is 0 Å². The van der Waals surface area contributed by atoms with Crippen LogP contribution in [0.25, 0.3) is 0 Å². The minimum atomic E-state index is -2.70. The second kappa shape index (κ2) is 4.27. The molecule has 1 aliphatic rings. The Kier molecular flexibility index (Phi) is 2.95. The van der Waals surface area contributed by atoms with Gasteiger partial charge in [0.05, 0.1) is 18.7 Å². The van der Waals surface area contributed by atoms with E-state index < -0.39 is 5.92 Å². The van der Waals surface area contributed by atoms with E-state index in [4.69, 9.17) is 4.42 Å². The van der Waals surface area contributed by atoms with Crippen LogP contribution in [-0.4, -0.2) is 16.8 Å². The van der Waals surface area contributed by atoms with Gasteiger partial charge in [-0.05, 0) is 6.08 Å². The van der Waals surface area contributed by atoms with Gasteiger partial charge >= 0.3 is 0 Å². The molecule has 0 spiro atoms. The Hall–Kier alpha value is -1.72. The topological polar surface area (TPSA) is 55.1 Å². The maximum Gasteiger partial charge on any atom is 0.254 e. The largest absolute Gasteiger partial charge is 0.443 e. The SMILES string of the molecule is C=CC(=O)NCc1nc2c(o1)CCC(F)(F)C2. The fraction of sp³-hybridized carbons (Fsp3) is 0.455. The summed E-state index contributed by atoms with van der Waals surface area (Å²) in [4.78, 5) is 14.9. The van der Waals surface area contributed by atoms with Crippen LogP contribution in [0.1, 0.15) is 23.8 Å². The molecule has 0 saturated carbocycles. The average molecular weight is 242 g/mol. The number of halogens is 2. The number of carbonyl (C=O) groups is 1. The Morgan fingerprint density at radius 3 is 3.12 bits per heavy atom. The number of oxazole rings is 1. The Morgan fingerprint density at radius 1 is 1.65 bits per heavy atom. The average Bonchev–Trinajstić information content (AvgIpc) is 2.66. The quantitative estimate of drug-likeness (QED) is 0.819. The fourth-order valence-electron chi connectivity index (χ4n) is 1.71. The van der Waals surface area contributed by atoms with Crippen LogP contribution in [0.5, 0.6) is 0 Å². The summed E-state index contributed by atoms with van der Waals surface area (Å²) in [5.41, 5.74) is 0.295. The molecular formula is C11H12F2N2O2. The fourth-order valence-corrected chi connectivity index (χ4v) is 1.71. The molecular weight excluding hydrogens is 230 g/mol. The normalized spacial score (nSPS) is 17.3.